The van der Waals surface area contributed by atoms with E-state index >= 15 is 0 Å². The lowest BCUT2D eigenvalue weighted by molar-refractivity contribution is 0.200. The molecule has 0 aromatic carbocycles. The summed E-state index contributed by atoms with van der Waals surface area (Å²) < 4.78 is 6.93. The quantitative estimate of drug-likeness (QED) is 0.630. The maximum Gasteiger partial charge on any atom is 0.108 e. The molecule has 0 amide bonds. The molecule has 2 nitrogen and oxygen atoms in total. The molecule has 1 saturated carbocycles. The molecule has 2 rings (SSSR count). The predicted octanol–water partition coefficient (Wildman–Crippen LogP) is 5.36. The normalized spacial score (nSPS) is 17.4. The average Bonchev–Trinajstić information content (AvgIpc) is 2.81. The molecule has 0 saturated heterocycles. The molecule has 1 aliphatic rings. The van der Waals surface area contributed by atoms with E-state index in [4.69, 9.17) is 16.3 Å². The molecule has 0 atom stereocenters. The Hall–Kier alpha value is 0.130. The first-order chi connectivity index (χ1) is 10.2. The summed E-state index contributed by atoms with van der Waals surface area (Å²) in [7, 11) is 1.74. The highest BCUT2D eigenvalue weighted by Gasteiger charge is 2.18. The zero-order valence-electron chi connectivity index (χ0n) is 12.5. The van der Waals surface area contributed by atoms with Crippen LogP contribution in [-0.2, 0) is 4.74 Å². The smallest absolute Gasteiger partial charge is 0.108 e. The van der Waals surface area contributed by atoms with Crippen LogP contribution in [0.2, 0.25) is 4.34 Å². The van der Waals surface area contributed by atoms with Crippen molar-refractivity contribution in [2.75, 3.05) is 26.8 Å². The standard InChI is InChI=1S/C16H23BrClNOS/c1-20-8-7-19-11-13(12-5-3-2-4-6-12)9-14-10-15(17)16(18)21-14/h9-10,12,19H,2-8,11H2,1H3. The van der Waals surface area contributed by atoms with E-state index in [0.29, 0.717) is 5.92 Å². The van der Waals surface area contributed by atoms with Crippen LogP contribution in [-0.4, -0.2) is 26.8 Å². The molecule has 0 radical (unpaired) electrons. The lowest BCUT2D eigenvalue weighted by Gasteiger charge is -2.25. The fourth-order valence-corrected chi connectivity index (χ4v) is 4.52. The molecule has 118 valence electrons. The number of halogens is 2. The van der Waals surface area contributed by atoms with Crippen molar-refractivity contribution in [2.24, 2.45) is 5.92 Å². The van der Waals surface area contributed by atoms with Gasteiger partial charge in [0.2, 0.25) is 0 Å². The maximum absolute atomic E-state index is 6.15. The molecule has 0 unspecified atom stereocenters. The highest BCUT2D eigenvalue weighted by atomic mass is 79.9. The Labute approximate surface area is 145 Å². The molecule has 1 aliphatic carbocycles. The number of nitrogens with one attached hydrogen (secondary N) is 1. The van der Waals surface area contributed by atoms with Crippen molar-refractivity contribution in [2.45, 2.75) is 32.1 Å². The van der Waals surface area contributed by atoms with Crippen LogP contribution in [0.1, 0.15) is 37.0 Å². The number of hydrogen-bond donors (Lipinski definition) is 1. The fourth-order valence-electron chi connectivity index (χ4n) is 2.81. The highest BCUT2D eigenvalue weighted by Crippen LogP contribution is 2.35. The minimum absolute atomic E-state index is 0.716. The third-order valence-corrected chi connectivity index (χ3v) is 6.36. The number of rotatable bonds is 7. The summed E-state index contributed by atoms with van der Waals surface area (Å²) in [5.41, 5.74) is 1.51. The van der Waals surface area contributed by atoms with E-state index in [0.717, 1.165) is 28.5 Å². The van der Waals surface area contributed by atoms with Gasteiger partial charge in [-0.25, -0.2) is 0 Å². The molecule has 0 bridgehead atoms. The van der Waals surface area contributed by atoms with Crippen molar-refractivity contribution >= 4 is 44.9 Å². The molecule has 0 aliphatic heterocycles. The molecule has 1 heterocycles. The third-order valence-electron chi connectivity index (χ3n) is 3.93. The molecular weight excluding hydrogens is 370 g/mol. The summed E-state index contributed by atoms with van der Waals surface area (Å²) >= 11 is 11.3. The van der Waals surface area contributed by atoms with Crippen LogP contribution >= 0.6 is 38.9 Å². The Morgan fingerprint density at radius 3 is 2.86 bits per heavy atom. The van der Waals surface area contributed by atoms with Crippen LogP contribution in [0.15, 0.2) is 16.1 Å². The van der Waals surface area contributed by atoms with Gasteiger partial charge in [0.15, 0.2) is 0 Å². The van der Waals surface area contributed by atoms with Gasteiger partial charge in [0.05, 0.1) is 6.61 Å². The number of ether oxygens (including phenoxy) is 1. The SMILES string of the molecule is COCCNCC(=Cc1cc(Br)c(Cl)s1)C1CCCCC1. The van der Waals surface area contributed by atoms with E-state index in [1.807, 2.05) is 0 Å². The lowest BCUT2D eigenvalue weighted by atomic mass is 9.83. The summed E-state index contributed by atoms with van der Waals surface area (Å²) in [5, 5.41) is 3.49. The van der Waals surface area contributed by atoms with Gasteiger partial charge in [-0.05, 0) is 46.8 Å². The summed E-state index contributed by atoms with van der Waals surface area (Å²) in [6.07, 6.45) is 9.06. The van der Waals surface area contributed by atoms with E-state index in [-0.39, 0.29) is 0 Å². The molecule has 1 fully saturated rings. The average molecular weight is 393 g/mol. The van der Waals surface area contributed by atoms with Crippen LogP contribution in [0, 0.1) is 5.92 Å². The van der Waals surface area contributed by atoms with Crippen LogP contribution in [0.3, 0.4) is 0 Å². The first kappa shape index (κ1) is 17.5. The van der Waals surface area contributed by atoms with Crippen molar-refractivity contribution in [3.8, 4) is 0 Å². The lowest BCUT2D eigenvalue weighted by Crippen LogP contribution is -2.25. The van der Waals surface area contributed by atoms with E-state index < -0.39 is 0 Å². The second kappa shape index (κ2) is 9.31. The molecule has 0 spiro atoms. The van der Waals surface area contributed by atoms with Gasteiger partial charge in [0, 0.05) is 29.5 Å². The van der Waals surface area contributed by atoms with Crippen LogP contribution in [0.5, 0.6) is 0 Å². The van der Waals surface area contributed by atoms with Gasteiger partial charge in [-0.1, -0.05) is 36.4 Å². The number of hydrogen-bond acceptors (Lipinski definition) is 3. The summed E-state index contributed by atoms with van der Waals surface area (Å²) in [5.74, 6) is 0.716. The Balaban J connectivity index is 2.05. The van der Waals surface area contributed by atoms with E-state index in [9.17, 15) is 0 Å². The Kier molecular flexibility index (Phi) is 7.75. The molecule has 1 N–H and O–H groups in total. The third kappa shape index (κ3) is 5.68. The van der Waals surface area contributed by atoms with Crippen LogP contribution in [0.25, 0.3) is 6.08 Å². The summed E-state index contributed by atoms with van der Waals surface area (Å²) in [4.78, 5) is 1.24. The summed E-state index contributed by atoms with van der Waals surface area (Å²) in [6, 6.07) is 2.12. The van der Waals surface area contributed by atoms with Crippen molar-refractivity contribution in [1.29, 1.82) is 0 Å². The predicted molar refractivity (Wildman–Crippen MR) is 96.3 cm³/mol. The van der Waals surface area contributed by atoms with Crippen molar-refractivity contribution in [3.05, 3.63) is 25.3 Å². The molecule has 5 heteroatoms. The Morgan fingerprint density at radius 2 is 2.24 bits per heavy atom. The maximum atomic E-state index is 6.15. The monoisotopic (exact) mass is 391 g/mol. The second-order valence-corrected chi connectivity index (χ2v) is 8.03. The zero-order chi connectivity index (χ0) is 15.1. The second-order valence-electron chi connectivity index (χ2n) is 5.49. The first-order valence-corrected chi connectivity index (χ1v) is 9.54. The highest BCUT2D eigenvalue weighted by molar-refractivity contribution is 9.10. The van der Waals surface area contributed by atoms with Gasteiger partial charge in [-0.2, -0.15) is 0 Å². The molecular formula is C16H23BrClNOS. The van der Waals surface area contributed by atoms with Gasteiger partial charge in [0.25, 0.3) is 0 Å². The molecule has 21 heavy (non-hydrogen) atoms. The van der Waals surface area contributed by atoms with Gasteiger partial charge in [0.1, 0.15) is 4.34 Å². The van der Waals surface area contributed by atoms with Gasteiger partial charge < -0.3 is 10.1 Å². The number of methoxy groups -OCH3 is 1. The molecule has 1 aromatic rings. The largest absolute Gasteiger partial charge is 0.383 e. The van der Waals surface area contributed by atoms with Crippen molar-refractivity contribution in [3.63, 3.8) is 0 Å². The van der Waals surface area contributed by atoms with E-state index in [1.165, 1.54) is 42.6 Å². The topological polar surface area (TPSA) is 21.3 Å². The molecule has 1 aromatic heterocycles. The van der Waals surface area contributed by atoms with E-state index in [1.54, 1.807) is 18.4 Å². The first-order valence-electron chi connectivity index (χ1n) is 7.55. The zero-order valence-corrected chi connectivity index (χ0v) is 15.6. The summed E-state index contributed by atoms with van der Waals surface area (Å²) in [6.45, 7) is 2.60. The number of thiophene rings is 1. The minimum Gasteiger partial charge on any atom is -0.383 e. The van der Waals surface area contributed by atoms with E-state index in [2.05, 4.69) is 33.4 Å². The fraction of sp³-hybridized carbons (Fsp3) is 0.625. The Bertz CT molecular complexity index is 449. The van der Waals surface area contributed by atoms with Crippen LogP contribution < -0.4 is 5.32 Å². The van der Waals surface area contributed by atoms with Crippen molar-refractivity contribution in [1.82, 2.24) is 5.32 Å². The van der Waals surface area contributed by atoms with Crippen LogP contribution in [0.4, 0.5) is 0 Å². The Morgan fingerprint density at radius 1 is 1.48 bits per heavy atom. The van der Waals surface area contributed by atoms with Gasteiger partial charge in [-0.3, -0.25) is 0 Å². The van der Waals surface area contributed by atoms with Gasteiger partial charge in [-0.15, -0.1) is 11.3 Å². The minimum atomic E-state index is 0.716. The van der Waals surface area contributed by atoms with Gasteiger partial charge >= 0.3 is 0 Å². The van der Waals surface area contributed by atoms with Crippen molar-refractivity contribution < 1.29 is 4.74 Å².